The van der Waals surface area contributed by atoms with Crippen LogP contribution in [0.3, 0.4) is 0 Å². The van der Waals surface area contributed by atoms with Gasteiger partial charge in [0.2, 0.25) is 0 Å². The highest BCUT2D eigenvalue weighted by Gasteiger charge is 2.57. The van der Waals surface area contributed by atoms with E-state index in [0.717, 1.165) is 11.8 Å². The molecular formula is C24H38O5Si. The van der Waals surface area contributed by atoms with Gasteiger partial charge in [-0.1, -0.05) is 52.8 Å². The van der Waals surface area contributed by atoms with Gasteiger partial charge in [0.25, 0.3) is 0 Å². The zero-order chi connectivity index (χ0) is 23.0. The molecule has 1 aromatic rings. The smallest absolute Gasteiger partial charge is 0.192 e. The fourth-order valence-electron chi connectivity index (χ4n) is 4.04. The predicted octanol–water partition coefficient (Wildman–Crippen LogP) is 5.19. The van der Waals surface area contributed by atoms with Gasteiger partial charge < -0.3 is 18.7 Å². The highest BCUT2D eigenvalue weighted by molar-refractivity contribution is 6.74. The molecule has 5 nitrogen and oxygen atoms in total. The molecular weight excluding hydrogens is 396 g/mol. The minimum Gasteiger partial charge on any atom is -0.467 e. The Balaban J connectivity index is 2.49. The normalized spacial score (nSPS) is 24.6. The zero-order valence-corrected chi connectivity index (χ0v) is 21.0. The number of carbonyl (C=O) groups is 2. The van der Waals surface area contributed by atoms with Crippen molar-refractivity contribution in [1.29, 1.82) is 0 Å². The molecule has 1 aromatic carbocycles. The summed E-state index contributed by atoms with van der Waals surface area (Å²) >= 11 is 0. The molecule has 0 radical (unpaired) electrons. The number of ketones is 1. The molecule has 0 bridgehead atoms. The van der Waals surface area contributed by atoms with E-state index < -0.39 is 19.1 Å². The first kappa shape index (κ1) is 24.8. The Kier molecular flexibility index (Phi) is 7.06. The van der Waals surface area contributed by atoms with Gasteiger partial charge >= 0.3 is 0 Å². The number of hydrogen-bond donors (Lipinski definition) is 0. The van der Waals surface area contributed by atoms with Crippen molar-refractivity contribution in [1.82, 2.24) is 0 Å². The number of ether oxygens (including phenoxy) is 2. The lowest BCUT2D eigenvalue weighted by Gasteiger charge is -2.49. The van der Waals surface area contributed by atoms with Crippen molar-refractivity contribution in [3.8, 4) is 5.75 Å². The van der Waals surface area contributed by atoms with E-state index >= 15 is 0 Å². The van der Waals surface area contributed by atoms with Gasteiger partial charge in [0, 0.05) is 18.1 Å². The van der Waals surface area contributed by atoms with Crippen molar-refractivity contribution >= 4 is 20.4 Å². The van der Waals surface area contributed by atoms with E-state index in [-0.39, 0.29) is 23.7 Å². The van der Waals surface area contributed by atoms with Gasteiger partial charge in [-0.3, -0.25) is 4.79 Å². The maximum atomic E-state index is 13.9. The number of para-hydroxylation sites is 1. The third-order valence-electron chi connectivity index (χ3n) is 7.05. The molecule has 168 valence electrons. The first-order chi connectivity index (χ1) is 13.7. The Labute approximate surface area is 182 Å². The molecule has 0 aromatic heterocycles. The summed E-state index contributed by atoms with van der Waals surface area (Å²) in [5.74, 6) is 0.451. The van der Waals surface area contributed by atoms with Crippen LogP contribution in [-0.2, 0) is 24.2 Å². The van der Waals surface area contributed by atoms with Crippen LogP contribution in [0, 0.1) is 12.3 Å². The molecule has 0 saturated heterocycles. The lowest BCUT2D eigenvalue weighted by atomic mass is 9.59. The van der Waals surface area contributed by atoms with E-state index in [1.54, 1.807) is 7.11 Å². The van der Waals surface area contributed by atoms with Crippen LogP contribution in [0.1, 0.15) is 58.6 Å². The van der Waals surface area contributed by atoms with Crippen LogP contribution in [0.25, 0.3) is 0 Å². The summed E-state index contributed by atoms with van der Waals surface area (Å²) in [6.07, 6.45) is 1.65. The molecule has 6 heteroatoms. The zero-order valence-electron chi connectivity index (χ0n) is 20.0. The van der Waals surface area contributed by atoms with Gasteiger partial charge in [0.1, 0.15) is 17.5 Å². The van der Waals surface area contributed by atoms with Crippen molar-refractivity contribution in [2.75, 3.05) is 13.9 Å². The number of aldehydes is 1. The molecule has 0 heterocycles. The maximum Gasteiger partial charge on any atom is 0.192 e. The lowest BCUT2D eigenvalue weighted by molar-refractivity contribution is -0.146. The van der Waals surface area contributed by atoms with Crippen molar-refractivity contribution in [2.45, 2.75) is 84.0 Å². The number of carbonyl (C=O) groups excluding carboxylic acids is 2. The van der Waals surface area contributed by atoms with E-state index in [1.165, 1.54) is 0 Å². The molecule has 0 amide bonds. The van der Waals surface area contributed by atoms with Crippen LogP contribution in [0.5, 0.6) is 5.75 Å². The summed E-state index contributed by atoms with van der Waals surface area (Å²) in [7, 11) is -0.519. The maximum absolute atomic E-state index is 13.9. The minimum atomic E-state index is -2.07. The van der Waals surface area contributed by atoms with Gasteiger partial charge in [0.05, 0.1) is 6.10 Å². The number of hydrogen-bond acceptors (Lipinski definition) is 5. The average Bonchev–Trinajstić information content (AvgIpc) is 2.64. The van der Waals surface area contributed by atoms with E-state index in [9.17, 15) is 9.59 Å². The Bertz CT molecular complexity index is 793. The molecule has 1 saturated carbocycles. The Morgan fingerprint density at radius 1 is 1.23 bits per heavy atom. The molecule has 1 aliphatic rings. The van der Waals surface area contributed by atoms with E-state index in [2.05, 4.69) is 33.9 Å². The van der Waals surface area contributed by atoms with Crippen molar-refractivity contribution in [2.24, 2.45) is 5.41 Å². The Morgan fingerprint density at radius 2 is 1.87 bits per heavy atom. The van der Waals surface area contributed by atoms with Crippen LogP contribution in [0.2, 0.25) is 18.1 Å². The molecule has 0 spiro atoms. The van der Waals surface area contributed by atoms with E-state index in [0.29, 0.717) is 24.2 Å². The molecule has 0 unspecified atom stereocenters. The number of benzene rings is 1. The molecule has 0 aliphatic heterocycles. The molecule has 1 aliphatic carbocycles. The largest absolute Gasteiger partial charge is 0.467 e. The highest BCUT2D eigenvalue weighted by atomic mass is 28.4. The Hall–Kier alpha value is -1.50. The summed E-state index contributed by atoms with van der Waals surface area (Å²) in [4.78, 5) is 26.4. The van der Waals surface area contributed by atoms with Crippen molar-refractivity contribution in [3.63, 3.8) is 0 Å². The number of Topliss-reactive ketones (excluding diaryl/α,β-unsaturated/α-hetero) is 1. The first-order valence-electron chi connectivity index (χ1n) is 10.7. The Morgan fingerprint density at radius 3 is 2.40 bits per heavy atom. The molecule has 2 rings (SSSR count). The van der Waals surface area contributed by atoms with Crippen molar-refractivity contribution < 1.29 is 23.5 Å². The van der Waals surface area contributed by atoms with Gasteiger partial charge in [-0.2, -0.15) is 0 Å². The highest BCUT2D eigenvalue weighted by Crippen LogP contribution is 2.50. The molecule has 0 N–H and O–H groups in total. The molecule has 30 heavy (non-hydrogen) atoms. The predicted molar refractivity (Wildman–Crippen MR) is 122 cm³/mol. The number of rotatable bonds is 7. The molecule has 2 atom stereocenters. The summed E-state index contributed by atoms with van der Waals surface area (Å²) < 4.78 is 17.6. The van der Waals surface area contributed by atoms with Gasteiger partial charge in [-0.15, -0.1) is 0 Å². The fourth-order valence-corrected chi connectivity index (χ4v) is 5.52. The van der Waals surface area contributed by atoms with E-state index in [4.69, 9.17) is 13.9 Å². The van der Waals surface area contributed by atoms with Gasteiger partial charge in [-0.05, 0) is 43.5 Å². The third kappa shape index (κ3) is 4.27. The van der Waals surface area contributed by atoms with Crippen LogP contribution in [-0.4, -0.2) is 40.4 Å². The quantitative estimate of drug-likeness (QED) is 0.256. The average molecular weight is 435 g/mol. The second-order valence-corrected chi connectivity index (χ2v) is 15.3. The SMILES string of the molecule is COCOc1c(C)cccc1[C@@]1(C=O)CC[C@H](O[Si](C)(C)C(C)(C)C)C(C)(C)C1=O. The van der Waals surface area contributed by atoms with E-state index in [1.807, 2.05) is 39.0 Å². The second-order valence-electron chi connectivity index (χ2n) is 10.5. The second kappa shape index (κ2) is 8.56. The summed E-state index contributed by atoms with van der Waals surface area (Å²) in [5, 5.41) is 0.0447. The summed E-state index contributed by atoms with van der Waals surface area (Å²) in [6.45, 7) is 16.8. The summed E-state index contributed by atoms with van der Waals surface area (Å²) in [6, 6.07) is 5.61. The van der Waals surface area contributed by atoms with Gasteiger partial charge in [0.15, 0.2) is 20.9 Å². The number of methoxy groups -OCH3 is 1. The topological polar surface area (TPSA) is 61.8 Å². The minimum absolute atomic E-state index is 0.0447. The van der Waals surface area contributed by atoms with Crippen LogP contribution in [0.4, 0.5) is 0 Å². The fraction of sp³-hybridized carbons (Fsp3) is 0.667. The molecule has 1 fully saturated rings. The van der Waals surface area contributed by atoms with Crippen LogP contribution >= 0.6 is 0 Å². The number of aryl methyl sites for hydroxylation is 1. The first-order valence-corrected chi connectivity index (χ1v) is 13.6. The summed E-state index contributed by atoms with van der Waals surface area (Å²) in [5.41, 5.74) is -0.544. The van der Waals surface area contributed by atoms with Crippen LogP contribution < -0.4 is 4.74 Å². The lowest BCUT2D eigenvalue weighted by Crippen LogP contribution is -2.58. The van der Waals surface area contributed by atoms with Gasteiger partial charge in [-0.25, -0.2) is 0 Å². The monoisotopic (exact) mass is 434 g/mol. The third-order valence-corrected chi connectivity index (χ3v) is 11.5. The standard InChI is InChI=1S/C24H38O5Si/c1-17-11-10-12-18(20(17)28-16-27-7)24(15-25)14-13-19(23(5,6)21(24)26)29-30(8,9)22(2,3)4/h10-12,15,19H,13-14,16H2,1-9H3/t19-,24-/m0/s1. The van der Waals surface area contributed by atoms with Crippen LogP contribution in [0.15, 0.2) is 18.2 Å². The van der Waals surface area contributed by atoms with Crippen molar-refractivity contribution in [3.05, 3.63) is 29.3 Å².